The molecule has 0 aromatic carbocycles. The fraction of sp³-hybridized carbons (Fsp3) is 0.706. The van der Waals surface area contributed by atoms with Crippen LogP contribution >= 0.6 is 0 Å². The van der Waals surface area contributed by atoms with E-state index in [4.69, 9.17) is 24.3 Å². The number of hydrogen-bond acceptors (Lipinski definition) is 6. The van der Waals surface area contributed by atoms with Gasteiger partial charge in [-0.3, -0.25) is 4.79 Å². The van der Waals surface area contributed by atoms with E-state index in [0.29, 0.717) is 0 Å². The zero-order valence-electron chi connectivity index (χ0n) is 13.1. The summed E-state index contributed by atoms with van der Waals surface area (Å²) in [7, 11) is 0. The molecule has 23 heavy (non-hydrogen) atoms. The summed E-state index contributed by atoms with van der Waals surface area (Å²) in [5, 5.41) is 0. The average molecular weight is 322 g/mol. The van der Waals surface area contributed by atoms with Crippen molar-refractivity contribution in [2.75, 3.05) is 13.2 Å². The van der Waals surface area contributed by atoms with Gasteiger partial charge < -0.3 is 4.74 Å². The van der Waals surface area contributed by atoms with Gasteiger partial charge in [-0.15, -0.1) is 0 Å². The molecule has 2 spiro atoms. The van der Waals surface area contributed by atoms with Crippen LogP contribution in [0.5, 0.6) is 0 Å². The first-order chi connectivity index (χ1) is 11.2. The molecule has 0 radical (unpaired) electrons. The van der Waals surface area contributed by atoms with Crippen LogP contribution in [-0.2, 0) is 29.1 Å². The van der Waals surface area contributed by atoms with Crippen LogP contribution in [0.2, 0.25) is 0 Å². The van der Waals surface area contributed by atoms with Crippen molar-refractivity contribution in [3.63, 3.8) is 0 Å². The third-order valence-corrected chi connectivity index (χ3v) is 5.24. The van der Waals surface area contributed by atoms with Crippen molar-refractivity contribution in [2.45, 2.75) is 55.8 Å². The van der Waals surface area contributed by atoms with Crippen molar-refractivity contribution in [2.24, 2.45) is 5.92 Å². The summed E-state index contributed by atoms with van der Waals surface area (Å²) < 4.78 is 5.78. The Bertz CT molecular complexity index is 529. The molecular weight excluding hydrogens is 300 g/mol. The van der Waals surface area contributed by atoms with E-state index in [9.17, 15) is 4.79 Å². The van der Waals surface area contributed by atoms with Gasteiger partial charge in [-0.05, 0) is 44.6 Å². The van der Waals surface area contributed by atoms with E-state index in [2.05, 4.69) is 6.08 Å². The van der Waals surface area contributed by atoms with Gasteiger partial charge in [0.25, 0.3) is 0 Å². The number of hydrogen-bond donors (Lipinski definition) is 0. The zero-order valence-corrected chi connectivity index (χ0v) is 13.1. The minimum atomic E-state index is -0.675. The van der Waals surface area contributed by atoms with Gasteiger partial charge in [-0.25, -0.2) is 19.6 Å². The zero-order chi connectivity index (χ0) is 15.8. The Balaban J connectivity index is 1.49. The minimum absolute atomic E-state index is 0.223. The first-order valence-electron chi connectivity index (χ1n) is 8.41. The molecule has 4 unspecified atom stereocenters. The van der Waals surface area contributed by atoms with Crippen LogP contribution in [0.3, 0.4) is 0 Å². The van der Waals surface area contributed by atoms with Crippen molar-refractivity contribution in [1.29, 1.82) is 0 Å². The topological polar surface area (TPSA) is 63.2 Å². The highest BCUT2D eigenvalue weighted by molar-refractivity contribution is 5.75. The van der Waals surface area contributed by atoms with E-state index in [1.807, 2.05) is 18.2 Å². The van der Waals surface area contributed by atoms with Gasteiger partial charge in [0.05, 0.1) is 6.61 Å². The first kappa shape index (κ1) is 15.3. The maximum absolute atomic E-state index is 12.7. The molecule has 2 heterocycles. The Labute approximate surface area is 135 Å². The molecule has 126 valence electrons. The van der Waals surface area contributed by atoms with Gasteiger partial charge in [0, 0.05) is 0 Å². The number of carbonyl (C=O) groups is 1. The molecule has 0 N–H and O–H groups in total. The summed E-state index contributed by atoms with van der Waals surface area (Å²) in [6.45, 7) is 0.480. The lowest BCUT2D eigenvalue weighted by molar-refractivity contribution is -0.300. The number of rotatable bonds is 2. The van der Waals surface area contributed by atoms with E-state index in [0.717, 1.165) is 38.5 Å². The third kappa shape index (κ3) is 2.63. The number of esters is 1. The third-order valence-electron chi connectivity index (χ3n) is 5.24. The molecule has 2 aliphatic heterocycles. The molecule has 4 rings (SSSR count). The molecule has 0 amide bonds. The van der Waals surface area contributed by atoms with Crippen molar-refractivity contribution in [1.82, 2.24) is 0 Å². The van der Waals surface area contributed by atoms with E-state index in [1.54, 1.807) is 0 Å². The van der Waals surface area contributed by atoms with Crippen LogP contribution < -0.4 is 0 Å². The molecule has 4 aliphatic rings. The van der Waals surface area contributed by atoms with E-state index in [-0.39, 0.29) is 19.2 Å². The predicted octanol–water partition coefficient (Wildman–Crippen LogP) is 2.40. The van der Waals surface area contributed by atoms with Gasteiger partial charge in [-0.2, -0.15) is 0 Å². The number of ether oxygens (including phenoxy) is 1. The molecule has 2 fully saturated rings. The fourth-order valence-corrected chi connectivity index (χ4v) is 3.86. The molecule has 0 aromatic heterocycles. The lowest BCUT2D eigenvalue weighted by atomic mass is 9.80. The Morgan fingerprint density at radius 2 is 1.61 bits per heavy atom. The van der Waals surface area contributed by atoms with Gasteiger partial charge >= 0.3 is 5.97 Å². The number of carbonyl (C=O) groups excluding carboxylic acids is 1. The Morgan fingerprint density at radius 1 is 0.957 bits per heavy atom. The summed E-state index contributed by atoms with van der Waals surface area (Å²) in [4.78, 5) is 33.9. The normalized spacial score (nSPS) is 42.6. The molecule has 0 bridgehead atoms. The van der Waals surface area contributed by atoms with Gasteiger partial charge in [0.1, 0.15) is 18.1 Å². The van der Waals surface area contributed by atoms with Crippen molar-refractivity contribution in [3.05, 3.63) is 24.3 Å². The average Bonchev–Trinajstić information content (AvgIpc) is 3.14. The standard InChI is InChI=1S/C17H22O6/c18-15(13-11-19-22-16(13)7-3-1-4-8-16)21-14-12-20-23-17(14)9-5-2-6-10-17/h3,5,7,9,13-14H,1-2,4,6,8,10-12H2. The lowest BCUT2D eigenvalue weighted by Crippen LogP contribution is -2.47. The summed E-state index contributed by atoms with van der Waals surface area (Å²) in [6.07, 6.45) is 13.2. The summed E-state index contributed by atoms with van der Waals surface area (Å²) in [5.74, 6) is -0.740. The number of allylic oxidation sites excluding steroid dienone is 2. The van der Waals surface area contributed by atoms with Gasteiger partial charge in [-0.1, -0.05) is 18.2 Å². The highest BCUT2D eigenvalue weighted by Gasteiger charge is 2.53. The van der Waals surface area contributed by atoms with Gasteiger partial charge in [0.15, 0.2) is 11.7 Å². The van der Waals surface area contributed by atoms with Crippen molar-refractivity contribution in [3.8, 4) is 0 Å². The van der Waals surface area contributed by atoms with Crippen LogP contribution in [0.1, 0.15) is 38.5 Å². The van der Waals surface area contributed by atoms with Gasteiger partial charge in [0.2, 0.25) is 0 Å². The highest BCUT2D eigenvalue weighted by Crippen LogP contribution is 2.41. The van der Waals surface area contributed by atoms with Crippen molar-refractivity contribution >= 4 is 5.97 Å². The quantitative estimate of drug-likeness (QED) is 0.442. The second kappa shape index (κ2) is 6.02. The molecule has 6 heteroatoms. The Kier molecular flexibility index (Phi) is 4.01. The maximum atomic E-state index is 12.7. The lowest BCUT2D eigenvalue weighted by Gasteiger charge is -2.33. The molecule has 2 saturated heterocycles. The maximum Gasteiger partial charge on any atom is 0.315 e. The summed E-state index contributed by atoms with van der Waals surface area (Å²) >= 11 is 0. The second-order valence-electron chi connectivity index (χ2n) is 6.71. The summed E-state index contributed by atoms with van der Waals surface area (Å²) in [5.41, 5.74) is -1.31. The fourth-order valence-electron chi connectivity index (χ4n) is 3.86. The molecule has 4 atom stereocenters. The summed E-state index contributed by atoms with van der Waals surface area (Å²) in [6, 6.07) is 0. The monoisotopic (exact) mass is 322 g/mol. The highest BCUT2D eigenvalue weighted by atomic mass is 17.2. The molecule has 0 saturated carbocycles. The molecular formula is C17H22O6. The van der Waals surface area contributed by atoms with Crippen LogP contribution in [0.4, 0.5) is 0 Å². The smallest absolute Gasteiger partial charge is 0.315 e. The van der Waals surface area contributed by atoms with Crippen molar-refractivity contribution < 1.29 is 29.1 Å². The molecule has 2 aliphatic carbocycles. The Morgan fingerprint density at radius 3 is 2.30 bits per heavy atom. The van der Waals surface area contributed by atoms with E-state index < -0.39 is 23.2 Å². The largest absolute Gasteiger partial charge is 0.456 e. The Hall–Kier alpha value is -1.21. The molecule has 6 nitrogen and oxygen atoms in total. The predicted molar refractivity (Wildman–Crippen MR) is 78.9 cm³/mol. The van der Waals surface area contributed by atoms with Crippen LogP contribution in [0.15, 0.2) is 24.3 Å². The van der Waals surface area contributed by atoms with Crippen LogP contribution in [0, 0.1) is 5.92 Å². The first-order valence-corrected chi connectivity index (χ1v) is 8.41. The van der Waals surface area contributed by atoms with E-state index >= 15 is 0 Å². The van der Waals surface area contributed by atoms with E-state index in [1.165, 1.54) is 0 Å². The van der Waals surface area contributed by atoms with Crippen LogP contribution in [0.25, 0.3) is 0 Å². The second-order valence-corrected chi connectivity index (χ2v) is 6.71. The minimum Gasteiger partial charge on any atom is -0.456 e. The SMILES string of the molecule is O=C(OC1COOC12C=CCCC2)C1COOC12C=CCCC2. The van der Waals surface area contributed by atoms with Crippen LogP contribution in [-0.4, -0.2) is 36.5 Å². The molecule has 0 aromatic rings.